The Morgan fingerprint density at radius 2 is 1.75 bits per heavy atom. The van der Waals surface area contributed by atoms with E-state index in [0.717, 1.165) is 0 Å². The summed E-state index contributed by atoms with van der Waals surface area (Å²) in [6.07, 6.45) is 2.33. The molecule has 0 fully saturated rings. The summed E-state index contributed by atoms with van der Waals surface area (Å²) in [7, 11) is 0. The molecular formula is C17H14Cl2N2O3. The summed E-state index contributed by atoms with van der Waals surface area (Å²) < 4.78 is 5.18. The minimum Gasteiger partial charge on any atom is -0.410 e. The lowest BCUT2D eigenvalue weighted by atomic mass is 10.3. The lowest BCUT2D eigenvalue weighted by molar-refractivity contribution is -0.111. The minimum absolute atomic E-state index is 0.269. The molecule has 5 nitrogen and oxygen atoms in total. The Labute approximate surface area is 149 Å². The maximum absolute atomic E-state index is 11.9. The molecule has 0 bridgehead atoms. The van der Waals surface area contributed by atoms with E-state index in [1.165, 1.54) is 18.2 Å². The van der Waals surface area contributed by atoms with Crippen LogP contribution in [-0.2, 0) is 4.79 Å². The van der Waals surface area contributed by atoms with Crippen LogP contribution in [0, 0.1) is 0 Å². The summed E-state index contributed by atoms with van der Waals surface area (Å²) in [5.74, 6) is 0.0146. The van der Waals surface area contributed by atoms with E-state index in [9.17, 15) is 9.59 Å². The number of hydrogen-bond acceptors (Lipinski definition) is 3. The van der Waals surface area contributed by atoms with Gasteiger partial charge in [-0.3, -0.25) is 10.1 Å². The Hall–Kier alpha value is -2.50. The molecule has 0 heterocycles. The number of ether oxygens (including phenoxy) is 1. The van der Waals surface area contributed by atoms with Crippen LogP contribution in [0.1, 0.15) is 6.92 Å². The van der Waals surface area contributed by atoms with E-state index in [4.69, 9.17) is 27.9 Å². The fourth-order valence-corrected chi connectivity index (χ4v) is 2.10. The lowest BCUT2D eigenvalue weighted by Gasteiger charge is -2.09. The third kappa shape index (κ3) is 5.30. The van der Waals surface area contributed by atoms with Crippen LogP contribution in [0.2, 0.25) is 10.0 Å². The van der Waals surface area contributed by atoms with E-state index in [-0.39, 0.29) is 11.7 Å². The van der Waals surface area contributed by atoms with Crippen LogP contribution in [0.3, 0.4) is 0 Å². The third-order valence-corrected chi connectivity index (χ3v) is 3.54. The highest BCUT2D eigenvalue weighted by Crippen LogP contribution is 2.25. The number of rotatable bonds is 4. The average molecular weight is 365 g/mol. The Kier molecular flexibility index (Phi) is 6.23. The first-order chi connectivity index (χ1) is 11.5. The van der Waals surface area contributed by atoms with Crippen LogP contribution in [-0.4, -0.2) is 12.0 Å². The number of allylic oxidation sites excluding steroid dienone is 1. The van der Waals surface area contributed by atoms with Crippen molar-refractivity contribution in [1.82, 2.24) is 0 Å². The Morgan fingerprint density at radius 3 is 2.46 bits per heavy atom. The molecule has 24 heavy (non-hydrogen) atoms. The van der Waals surface area contributed by atoms with Crippen molar-refractivity contribution < 1.29 is 14.3 Å². The molecule has 2 aromatic carbocycles. The van der Waals surface area contributed by atoms with Gasteiger partial charge in [-0.1, -0.05) is 35.3 Å². The molecule has 0 spiro atoms. The van der Waals surface area contributed by atoms with Crippen molar-refractivity contribution >= 4 is 46.6 Å². The van der Waals surface area contributed by atoms with Crippen molar-refractivity contribution in [2.75, 3.05) is 10.6 Å². The van der Waals surface area contributed by atoms with Gasteiger partial charge in [0.1, 0.15) is 5.75 Å². The molecule has 124 valence electrons. The second-order valence-electron chi connectivity index (χ2n) is 4.66. The molecule has 0 unspecified atom stereocenters. The Bertz CT molecular complexity index is 791. The molecule has 2 aromatic rings. The number of halogens is 2. The zero-order valence-electron chi connectivity index (χ0n) is 12.7. The summed E-state index contributed by atoms with van der Waals surface area (Å²) in [4.78, 5) is 23.4. The number of benzene rings is 2. The highest BCUT2D eigenvalue weighted by molar-refractivity contribution is 6.42. The normalized spacial score (nSPS) is 10.5. The maximum atomic E-state index is 11.9. The van der Waals surface area contributed by atoms with Crippen molar-refractivity contribution in [2.24, 2.45) is 0 Å². The number of carbonyl (C=O) groups is 2. The predicted molar refractivity (Wildman–Crippen MR) is 96.0 cm³/mol. The summed E-state index contributed by atoms with van der Waals surface area (Å²) in [6.45, 7) is 1.74. The van der Waals surface area contributed by atoms with Crippen molar-refractivity contribution in [3.8, 4) is 5.75 Å². The van der Waals surface area contributed by atoms with Gasteiger partial charge in [0.2, 0.25) is 5.91 Å². The minimum atomic E-state index is -0.690. The van der Waals surface area contributed by atoms with Gasteiger partial charge < -0.3 is 10.1 Å². The van der Waals surface area contributed by atoms with Gasteiger partial charge >= 0.3 is 6.09 Å². The molecule has 0 radical (unpaired) electrons. The quantitative estimate of drug-likeness (QED) is 0.739. The lowest BCUT2D eigenvalue weighted by Crippen LogP contribution is -2.17. The van der Waals surface area contributed by atoms with E-state index in [0.29, 0.717) is 21.4 Å². The zero-order valence-corrected chi connectivity index (χ0v) is 14.2. The first-order valence-electron chi connectivity index (χ1n) is 6.95. The van der Waals surface area contributed by atoms with Gasteiger partial charge in [-0.25, -0.2) is 4.79 Å². The predicted octanol–water partition coefficient (Wildman–Crippen LogP) is 5.12. The highest BCUT2D eigenvalue weighted by atomic mass is 35.5. The molecule has 0 aromatic heterocycles. The van der Waals surface area contributed by atoms with Crippen molar-refractivity contribution in [3.63, 3.8) is 0 Å². The molecule has 0 saturated heterocycles. The van der Waals surface area contributed by atoms with Gasteiger partial charge in [0.15, 0.2) is 0 Å². The largest absolute Gasteiger partial charge is 0.417 e. The monoisotopic (exact) mass is 364 g/mol. The van der Waals surface area contributed by atoms with Crippen LogP contribution in [0.5, 0.6) is 5.75 Å². The number of carbonyl (C=O) groups excluding carboxylic acids is 2. The van der Waals surface area contributed by atoms with E-state index < -0.39 is 6.09 Å². The van der Waals surface area contributed by atoms with E-state index in [2.05, 4.69) is 10.6 Å². The smallest absolute Gasteiger partial charge is 0.410 e. The van der Waals surface area contributed by atoms with Gasteiger partial charge in [-0.2, -0.15) is 0 Å². The van der Waals surface area contributed by atoms with Crippen molar-refractivity contribution in [1.29, 1.82) is 0 Å². The molecule has 0 atom stereocenters. The molecule has 0 saturated carbocycles. The van der Waals surface area contributed by atoms with Gasteiger partial charge in [0, 0.05) is 17.4 Å². The first kappa shape index (κ1) is 17.8. The fraction of sp³-hybridized carbons (Fsp3) is 0.0588. The topological polar surface area (TPSA) is 67.4 Å². The van der Waals surface area contributed by atoms with Crippen LogP contribution >= 0.6 is 23.2 Å². The van der Waals surface area contributed by atoms with Crippen LogP contribution in [0.4, 0.5) is 16.2 Å². The molecule has 2 N–H and O–H groups in total. The highest BCUT2D eigenvalue weighted by Gasteiger charge is 2.08. The van der Waals surface area contributed by atoms with Gasteiger partial charge in [0.25, 0.3) is 0 Å². The van der Waals surface area contributed by atoms with E-state index in [1.807, 2.05) is 0 Å². The number of anilines is 2. The Balaban J connectivity index is 2.00. The van der Waals surface area contributed by atoms with Crippen molar-refractivity contribution in [2.45, 2.75) is 6.92 Å². The molecule has 0 aliphatic carbocycles. The number of nitrogens with one attached hydrogen (secondary N) is 2. The van der Waals surface area contributed by atoms with Crippen LogP contribution in [0.25, 0.3) is 0 Å². The fourth-order valence-electron chi connectivity index (χ4n) is 1.80. The average Bonchev–Trinajstić information content (AvgIpc) is 2.51. The molecule has 0 aliphatic heterocycles. The van der Waals surface area contributed by atoms with E-state index in [1.54, 1.807) is 43.3 Å². The summed E-state index contributed by atoms with van der Waals surface area (Å²) in [6, 6.07) is 11.2. The van der Waals surface area contributed by atoms with Crippen molar-refractivity contribution in [3.05, 3.63) is 64.7 Å². The molecule has 2 rings (SSSR count). The van der Waals surface area contributed by atoms with Gasteiger partial charge in [0.05, 0.1) is 10.0 Å². The molecule has 0 aliphatic rings. The van der Waals surface area contributed by atoms with E-state index >= 15 is 0 Å². The molecule has 2 amide bonds. The number of amides is 2. The van der Waals surface area contributed by atoms with Crippen LogP contribution < -0.4 is 15.4 Å². The maximum Gasteiger partial charge on any atom is 0.417 e. The van der Waals surface area contributed by atoms with Gasteiger partial charge in [-0.15, -0.1) is 0 Å². The zero-order chi connectivity index (χ0) is 17.5. The van der Waals surface area contributed by atoms with Crippen LogP contribution in [0.15, 0.2) is 54.6 Å². The SMILES string of the molecule is C/C=C/C(=O)Nc1cccc(OC(=O)Nc2ccc(Cl)c(Cl)c2)c1. The molecule has 7 heteroatoms. The summed E-state index contributed by atoms with van der Waals surface area (Å²) in [5.41, 5.74) is 0.963. The second-order valence-corrected chi connectivity index (χ2v) is 5.47. The second kappa shape index (κ2) is 8.38. The standard InChI is InChI=1S/C17H14Cl2N2O3/c1-2-4-16(22)20-11-5-3-6-13(9-11)24-17(23)21-12-7-8-14(18)15(19)10-12/h2-10H,1H3,(H,20,22)(H,21,23)/b4-2+. The first-order valence-corrected chi connectivity index (χ1v) is 7.71. The van der Waals surface area contributed by atoms with Gasteiger partial charge in [-0.05, 0) is 43.3 Å². The summed E-state index contributed by atoms with van der Waals surface area (Å²) in [5, 5.41) is 5.90. The number of hydrogen-bond donors (Lipinski definition) is 2. The summed E-state index contributed by atoms with van der Waals surface area (Å²) >= 11 is 11.7. The third-order valence-electron chi connectivity index (χ3n) is 2.80. The Morgan fingerprint density at radius 1 is 1.00 bits per heavy atom. The molecular weight excluding hydrogens is 351 g/mol.